The zero-order valence-corrected chi connectivity index (χ0v) is 13.0. The summed E-state index contributed by atoms with van der Waals surface area (Å²) in [5.74, 6) is 1.64. The molecule has 1 rings (SSSR count). The van der Waals surface area contributed by atoms with Crippen LogP contribution in [-0.2, 0) is 6.54 Å². The smallest absolute Gasteiger partial charge is 0.166 e. The van der Waals surface area contributed by atoms with Crippen molar-refractivity contribution in [3.8, 4) is 11.5 Å². The highest BCUT2D eigenvalue weighted by Gasteiger charge is 2.13. The molecule has 18 heavy (non-hydrogen) atoms. The fraction of sp³-hybridized carbons (Fsp3) is 0.571. The Morgan fingerprint density at radius 2 is 2.00 bits per heavy atom. The van der Waals surface area contributed by atoms with Crippen molar-refractivity contribution in [3.63, 3.8) is 0 Å². The topological polar surface area (TPSA) is 30.5 Å². The number of benzene rings is 1. The monoisotopic (exact) mass is 315 g/mol. The van der Waals surface area contributed by atoms with Crippen molar-refractivity contribution in [2.24, 2.45) is 0 Å². The van der Waals surface area contributed by atoms with Gasteiger partial charge in [-0.25, -0.2) is 0 Å². The molecule has 0 fully saturated rings. The van der Waals surface area contributed by atoms with E-state index in [0.29, 0.717) is 6.61 Å². The summed E-state index contributed by atoms with van der Waals surface area (Å²) in [5, 5.41) is 3.39. The molecule has 0 spiro atoms. The summed E-state index contributed by atoms with van der Waals surface area (Å²) in [7, 11) is 1.67. The van der Waals surface area contributed by atoms with Crippen LogP contribution in [0.4, 0.5) is 0 Å². The Bertz CT molecular complexity index is 369. The van der Waals surface area contributed by atoms with Crippen LogP contribution in [0, 0.1) is 0 Å². The van der Waals surface area contributed by atoms with Crippen molar-refractivity contribution >= 4 is 15.9 Å². The van der Waals surface area contributed by atoms with Crippen molar-refractivity contribution in [1.82, 2.24) is 5.32 Å². The maximum atomic E-state index is 5.82. The van der Waals surface area contributed by atoms with E-state index in [4.69, 9.17) is 9.47 Å². The molecule has 102 valence electrons. The first kappa shape index (κ1) is 15.3. The molecule has 0 saturated heterocycles. The zero-order valence-electron chi connectivity index (χ0n) is 11.4. The van der Waals surface area contributed by atoms with Crippen LogP contribution < -0.4 is 14.8 Å². The first-order valence-electron chi connectivity index (χ1n) is 6.43. The van der Waals surface area contributed by atoms with E-state index in [2.05, 4.69) is 35.1 Å². The lowest BCUT2D eigenvalue weighted by Crippen LogP contribution is -2.15. The summed E-state index contributed by atoms with van der Waals surface area (Å²) in [4.78, 5) is 0. The molecule has 0 radical (unpaired) electrons. The molecule has 1 aromatic carbocycles. The van der Waals surface area contributed by atoms with E-state index < -0.39 is 0 Å². The van der Waals surface area contributed by atoms with Crippen LogP contribution in [0.3, 0.4) is 0 Å². The Morgan fingerprint density at radius 1 is 1.22 bits per heavy atom. The Hall–Kier alpha value is -0.740. The van der Waals surface area contributed by atoms with E-state index in [0.717, 1.165) is 47.5 Å². The van der Waals surface area contributed by atoms with Crippen LogP contribution in [0.25, 0.3) is 0 Å². The average Bonchev–Trinajstić information content (AvgIpc) is 2.39. The van der Waals surface area contributed by atoms with Gasteiger partial charge in [0.15, 0.2) is 11.5 Å². The molecule has 1 N–H and O–H groups in total. The number of hydrogen-bond acceptors (Lipinski definition) is 3. The minimum atomic E-state index is 0.702. The molecule has 0 saturated carbocycles. The predicted molar refractivity (Wildman–Crippen MR) is 78.5 cm³/mol. The molecule has 0 unspecified atom stereocenters. The van der Waals surface area contributed by atoms with Crippen molar-refractivity contribution in [2.45, 2.75) is 33.2 Å². The van der Waals surface area contributed by atoms with E-state index in [1.54, 1.807) is 7.11 Å². The van der Waals surface area contributed by atoms with Gasteiger partial charge in [-0.15, -0.1) is 0 Å². The molecule has 3 nitrogen and oxygen atoms in total. The third-order valence-corrected chi connectivity index (χ3v) is 3.31. The minimum Gasteiger partial charge on any atom is -0.493 e. The third kappa shape index (κ3) is 4.18. The summed E-state index contributed by atoms with van der Waals surface area (Å²) in [6.07, 6.45) is 2.10. The first-order valence-corrected chi connectivity index (χ1v) is 7.22. The van der Waals surface area contributed by atoms with Gasteiger partial charge in [0, 0.05) is 16.6 Å². The fourth-order valence-corrected chi connectivity index (χ4v) is 2.11. The van der Waals surface area contributed by atoms with Crippen LogP contribution >= 0.6 is 15.9 Å². The van der Waals surface area contributed by atoms with Crippen molar-refractivity contribution in [1.29, 1.82) is 0 Å². The Kier molecular flexibility index (Phi) is 7.13. The molecule has 0 aliphatic heterocycles. The highest BCUT2D eigenvalue weighted by molar-refractivity contribution is 9.10. The number of methoxy groups -OCH3 is 1. The Morgan fingerprint density at radius 3 is 2.61 bits per heavy atom. The van der Waals surface area contributed by atoms with Gasteiger partial charge < -0.3 is 14.8 Å². The number of ether oxygens (including phenoxy) is 2. The summed E-state index contributed by atoms with van der Waals surface area (Å²) in [5.41, 5.74) is 1.12. The summed E-state index contributed by atoms with van der Waals surface area (Å²) < 4.78 is 12.2. The molecule has 1 aromatic rings. The van der Waals surface area contributed by atoms with Gasteiger partial charge in [-0.3, -0.25) is 0 Å². The molecular weight excluding hydrogens is 294 g/mol. The molecule has 4 heteroatoms. The molecule has 0 heterocycles. The van der Waals surface area contributed by atoms with Crippen LogP contribution in [0.15, 0.2) is 16.6 Å². The molecule has 0 amide bonds. The highest BCUT2D eigenvalue weighted by Crippen LogP contribution is 2.36. The largest absolute Gasteiger partial charge is 0.493 e. The standard InChI is InChI=1S/C14H22BrNO2/c1-4-8-16-10-11-12(15)6-7-13(17-3)14(11)18-9-5-2/h6-7,16H,4-5,8-10H2,1-3H3. The van der Waals surface area contributed by atoms with E-state index in [1.165, 1.54) is 0 Å². The predicted octanol–water partition coefficient (Wildman–Crippen LogP) is 3.75. The number of halogens is 1. The molecule has 0 aromatic heterocycles. The van der Waals surface area contributed by atoms with Crippen LogP contribution in [0.2, 0.25) is 0 Å². The van der Waals surface area contributed by atoms with Gasteiger partial charge in [-0.05, 0) is 31.5 Å². The minimum absolute atomic E-state index is 0.702. The maximum Gasteiger partial charge on any atom is 0.166 e. The van der Waals surface area contributed by atoms with Crippen molar-refractivity contribution in [2.75, 3.05) is 20.3 Å². The second-order valence-corrected chi connectivity index (χ2v) is 4.94. The normalized spacial score (nSPS) is 10.4. The number of rotatable bonds is 8. The average molecular weight is 316 g/mol. The van der Waals surface area contributed by atoms with E-state index in [1.807, 2.05) is 12.1 Å². The van der Waals surface area contributed by atoms with Crippen LogP contribution in [-0.4, -0.2) is 20.3 Å². The lowest BCUT2D eigenvalue weighted by atomic mass is 10.2. The van der Waals surface area contributed by atoms with E-state index >= 15 is 0 Å². The molecule has 0 aliphatic rings. The Labute approximate surface area is 118 Å². The maximum absolute atomic E-state index is 5.82. The van der Waals surface area contributed by atoms with Gasteiger partial charge in [0.05, 0.1) is 13.7 Å². The highest BCUT2D eigenvalue weighted by atomic mass is 79.9. The van der Waals surface area contributed by atoms with Gasteiger partial charge in [-0.1, -0.05) is 29.8 Å². The molecule has 0 aliphatic carbocycles. The second kappa shape index (κ2) is 8.38. The van der Waals surface area contributed by atoms with Crippen LogP contribution in [0.5, 0.6) is 11.5 Å². The van der Waals surface area contributed by atoms with Crippen LogP contribution in [0.1, 0.15) is 32.3 Å². The van der Waals surface area contributed by atoms with Gasteiger partial charge in [0.2, 0.25) is 0 Å². The van der Waals surface area contributed by atoms with Gasteiger partial charge in [0.25, 0.3) is 0 Å². The summed E-state index contributed by atoms with van der Waals surface area (Å²) in [6, 6.07) is 3.93. The fourth-order valence-electron chi connectivity index (χ4n) is 1.66. The molecule has 0 atom stereocenters. The van der Waals surface area contributed by atoms with E-state index in [9.17, 15) is 0 Å². The lowest BCUT2D eigenvalue weighted by molar-refractivity contribution is 0.290. The van der Waals surface area contributed by atoms with Gasteiger partial charge >= 0.3 is 0 Å². The molecule has 0 bridgehead atoms. The van der Waals surface area contributed by atoms with Crippen molar-refractivity contribution in [3.05, 3.63) is 22.2 Å². The van der Waals surface area contributed by atoms with E-state index in [-0.39, 0.29) is 0 Å². The van der Waals surface area contributed by atoms with Gasteiger partial charge in [0.1, 0.15) is 0 Å². The second-order valence-electron chi connectivity index (χ2n) is 4.08. The summed E-state index contributed by atoms with van der Waals surface area (Å²) in [6.45, 7) is 6.73. The molecular formula is C14H22BrNO2. The number of hydrogen-bond donors (Lipinski definition) is 1. The summed E-state index contributed by atoms with van der Waals surface area (Å²) >= 11 is 3.58. The first-order chi connectivity index (χ1) is 8.74. The lowest BCUT2D eigenvalue weighted by Gasteiger charge is -2.16. The van der Waals surface area contributed by atoms with Crippen molar-refractivity contribution < 1.29 is 9.47 Å². The number of nitrogens with one attached hydrogen (secondary N) is 1. The Balaban J connectivity index is 2.94. The quantitative estimate of drug-likeness (QED) is 0.741. The zero-order chi connectivity index (χ0) is 13.4. The SMILES string of the molecule is CCCNCc1c(Br)ccc(OC)c1OCCC. The van der Waals surface area contributed by atoms with Gasteiger partial charge in [-0.2, -0.15) is 0 Å². The third-order valence-electron chi connectivity index (χ3n) is 2.57.